The van der Waals surface area contributed by atoms with Crippen LogP contribution in [0.5, 0.6) is 0 Å². The smallest absolute Gasteiger partial charge is 0.0672 e. The van der Waals surface area contributed by atoms with Crippen LogP contribution < -0.4 is 0 Å². The number of nitrogens with zero attached hydrogens (tertiary/aromatic N) is 2. The summed E-state index contributed by atoms with van der Waals surface area (Å²) in [7, 11) is 0. The van der Waals surface area contributed by atoms with E-state index in [9.17, 15) is 5.26 Å². The first-order valence-corrected chi connectivity index (χ1v) is 7.47. The minimum atomic E-state index is 0.289. The van der Waals surface area contributed by atoms with Gasteiger partial charge in [0.1, 0.15) is 0 Å². The predicted octanol–water partition coefficient (Wildman–Crippen LogP) is 3.97. The van der Waals surface area contributed by atoms with E-state index in [4.69, 9.17) is 0 Å². The first-order valence-electron chi connectivity index (χ1n) is 7.47. The van der Waals surface area contributed by atoms with Crippen LogP contribution in [-0.4, -0.2) is 24.0 Å². The monoisotopic (exact) mass is 236 g/mol. The van der Waals surface area contributed by atoms with Crippen LogP contribution in [0.1, 0.15) is 65.2 Å². The van der Waals surface area contributed by atoms with Crippen molar-refractivity contribution >= 4 is 0 Å². The average Bonchev–Trinajstić information content (AvgIpc) is 2.39. The lowest BCUT2D eigenvalue weighted by atomic mass is 9.84. The summed E-state index contributed by atoms with van der Waals surface area (Å²) in [5.41, 5.74) is 0. The van der Waals surface area contributed by atoms with Crippen molar-refractivity contribution in [2.45, 2.75) is 71.3 Å². The average molecular weight is 236 g/mol. The molecular weight excluding hydrogens is 208 g/mol. The molecule has 2 unspecified atom stereocenters. The zero-order chi connectivity index (χ0) is 12.5. The molecule has 2 nitrogen and oxygen atoms in total. The Labute approximate surface area is 107 Å². The highest BCUT2D eigenvalue weighted by atomic mass is 15.2. The highest BCUT2D eigenvalue weighted by Crippen LogP contribution is 2.28. The first-order chi connectivity index (χ1) is 8.33. The van der Waals surface area contributed by atoms with E-state index in [1.54, 1.807) is 0 Å². The molecule has 1 aliphatic carbocycles. The van der Waals surface area contributed by atoms with Gasteiger partial charge in [-0.15, -0.1) is 0 Å². The molecule has 1 aliphatic rings. The number of unbranched alkanes of at least 4 members (excludes halogenated alkanes) is 2. The van der Waals surface area contributed by atoms with Gasteiger partial charge in [-0.2, -0.15) is 5.26 Å². The molecule has 1 fully saturated rings. The molecule has 1 saturated carbocycles. The summed E-state index contributed by atoms with van der Waals surface area (Å²) in [6, 6.07) is 3.09. The highest BCUT2D eigenvalue weighted by Gasteiger charge is 2.29. The maximum atomic E-state index is 9.28. The van der Waals surface area contributed by atoms with Gasteiger partial charge in [0, 0.05) is 6.04 Å². The van der Waals surface area contributed by atoms with Gasteiger partial charge in [-0.3, -0.25) is 4.90 Å². The van der Waals surface area contributed by atoms with Gasteiger partial charge in [0.15, 0.2) is 0 Å². The van der Waals surface area contributed by atoms with Crippen molar-refractivity contribution in [3.8, 4) is 6.07 Å². The van der Waals surface area contributed by atoms with Crippen molar-refractivity contribution in [2.75, 3.05) is 13.1 Å². The van der Waals surface area contributed by atoms with Gasteiger partial charge < -0.3 is 0 Å². The summed E-state index contributed by atoms with van der Waals surface area (Å²) >= 11 is 0. The molecule has 2 heteroatoms. The van der Waals surface area contributed by atoms with Crippen LogP contribution in [0.2, 0.25) is 0 Å². The summed E-state index contributed by atoms with van der Waals surface area (Å²) in [6.07, 6.45) is 10.00. The van der Waals surface area contributed by atoms with E-state index in [1.807, 2.05) is 0 Å². The van der Waals surface area contributed by atoms with Crippen molar-refractivity contribution in [3.05, 3.63) is 0 Å². The molecule has 98 valence electrons. The summed E-state index contributed by atoms with van der Waals surface area (Å²) in [5, 5.41) is 9.28. The van der Waals surface area contributed by atoms with Gasteiger partial charge in [0.25, 0.3) is 0 Å². The summed E-state index contributed by atoms with van der Waals surface area (Å²) in [6.45, 7) is 6.89. The second-order valence-electron chi connectivity index (χ2n) is 5.33. The molecule has 0 amide bonds. The maximum Gasteiger partial charge on any atom is 0.0672 e. The van der Waals surface area contributed by atoms with Gasteiger partial charge in [-0.25, -0.2) is 0 Å². The molecule has 0 heterocycles. The second kappa shape index (κ2) is 8.53. The molecule has 0 aromatic carbocycles. The fraction of sp³-hybridized carbons (Fsp3) is 0.933. The van der Waals surface area contributed by atoms with Gasteiger partial charge in [0.05, 0.1) is 12.0 Å². The SMILES string of the molecule is CCCCN(CCCC)C1CCCCC1C#N. The number of hydrogen-bond donors (Lipinski definition) is 0. The normalized spacial score (nSPS) is 24.8. The summed E-state index contributed by atoms with van der Waals surface area (Å²) in [4.78, 5) is 2.61. The van der Waals surface area contributed by atoms with Gasteiger partial charge >= 0.3 is 0 Å². The third kappa shape index (κ3) is 4.68. The number of rotatable bonds is 7. The topological polar surface area (TPSA) is 27.0 Å². The van der Waals surface area contributed by atoms with E-state index in [-0.39, 0.29) is 5.92 Å². The largest absolute Gasteiger partial charge is 0.299 e. The van der Waals surface area contributed by atoms with Gasteiger partial charge in [-0.05, 0) is 38.8 Å². The van der Waals surface area contributed by atoms with Crippen LogP contribution in [0.4, 0.5) is 0 Å². The van der Waals surface area contributed by atoms with E-state index in [1.165, 1.54) is 58.0 Å². The van der Waals surface area contributed by atoms with E-state index in [0.29, 0.717) is 6.04 Å². The molecule has 1 rings (SSSR count). The van der Waals surface area contributed by atoms with Crippen molar-refractivity contribution in [2.24, 2.45) is 5.92 Å². The zero-order valence-electron chi connectivity index (χ0n) is 11.6. The molecule has 0 aliphatic heterocycles. The predicted molar refractivity (Wildman–Crippen MR) is 72.7 cm³/mol. The van der Waals surface area contributed by atoms with Crippen LogP contribution in [0.15, 0.2) is 0 Å². The Kier molecular flexibility index (Phi) is 7.28. The van der Waals surface area contributed by atoms with Gasteiger partial charge in [0.2, 0.25) is 0 Å². The standard InChI is InChI=1S/C15H28N2/c1-3-5-11-17(12-6-4-2)15-10-8-7-9-14(15)13-16/h14-15H,3-12H2,1-2H3. The molecule has 0 radical (unpaired) electrons. The Hall–Kier alpha value is -0.550. The minimum Gasteiger partial charge on any atom is -0.299 e. The van der Waals surface area contributed by atoms with Crippen LogP contribution in [-0.2, 0) is 0 Å². The van der Waals surface area contributed by atoms with E-state index in [0.717, 1.165) is 6.42 Å². The molecule has 0 saturated heterocycles. The zero-order valence-corrected chi connectivity index (χ0v) is 11.6. The molecule has 17 heavy (non-hydrogen) atoms. The van der Waals surface area contributed by atoms with E-state index in [2.05, 4.69) is 24.8 Å². The second-order valence-corrected chi connectivity index (χ2v) is 5.33. The third-order valence-electron chi connectivity index (χ3n) is 3.96. The van der Waals surface area contributed by atoms with Crippen molar-refractivity contribution in [3.63, 3.8) is 0 Å². The van der Waals surface area contributed by atoms with Crippen LogP contribution in [0.3, 0.4) is 0 Å². The Balaban J connectivity index is 2.55. The van der Waals surface area contributed by atoms with Crippen LogP contribution in [0, 0.1) is 17.2 Å². The Morgan fingerprint density at radius 1 is 1.06 bits per heavy atom. The van der Waals surface area contributed by atoms with Crippen LogP contribution in [0.25, 0.3) is 0 Å². The van der Waals surface area contributed by atoms with E-state index >= 15 is 0 Å². The quantitative estimate of drug-likeness (QED) is 0.668. The maximum absolute atomic E-state index is 9.28. The lowest BCUT2D eigenvalue weighted by molar-refractivity contribution is 0.123. The lowest BCUT2D eigenvalue weighted by Gasteiger charge is -2.37. The molecule has 0 bridgehead atoms. The number of hydrogen-bond acceptors (Lipinski definition) is 2. The first kappa shape index (κ1) is 14.5. The summed E-state index contributed by atoms with van der Waals surface area (Å²) in [5.74, 6) is 0.289. The summed E-state index contributed by atoms with van der Waals surface area (Å²) < 4.78 is 0. The molecule has 0 aromatic rings. The molecular formula is C15H28N2. The molecule has 2 atom stereocenters. The fourth-order valence-electron chi connectivity index (χ4n) is 2.86. The van der Waals surface area contributed by atoms with Crippen molar-refractivity contribution in [1.29, 1.82) is 5.26 Å². The molecule has 0 N–H and O–H groups in total. The van der Waals surface area contributed by atoms with E-state index < -0.39 is 0 Å². The minimum absolute atomic E-state index is 0.289. The Bertz CT molecular complexity index is 224. The molecule has 0 aromatic heterocycles. The van der Waals surface area contributed by atoms with Gasteiger partial charge in [-0.1, -0.05) is 39.5 Å². The Morgan fingerprint density at radius 3 is 2.18 bits per heavy atom. The van der Waals surface area contributed by atoms with Crippen LogP contribution >= 0.6 is 0 Å². The number of nitriles is 1. The lowest BCUT2D eigenvalue weighted by Crippen LogP contribution is -2.43. The van der Waals surface area contributed by atoms with Crippen molar-refractivity contribution < 1.29 is 0 Å². The highest BCUT2D eigenvalue weighted by molar-refractivity contribution is 4.95. The third-order valence-corrected chi connectivity index (χ3v) is 3.96. The molecule has 0 spiro atoms. The Morgan fingerprint density at radius 2 is 1.65 bits per heavy atom. The van der Waals surface area contributed by atoms with Crippen molar-refractivity contribution in [1.82, 2.24) is 4.90 Å². The fourth-order valence-corrected chi connectivity index (χ4v) is 2.86.